The number of carbonyl (C=O) groups excluding carboxylic acids is 4. The van der Waals surface area contributed by atoms with Crippen molar-refractivity contribution in [2.75, 3.05) is 38.7 Å². The molecule has 0 spiro atoms. The zero-order valence-electron chi connectivity index (χ0n) is 28.6. The van der Waals surface area contributed by atoms with E-state index >= 15 is 0 Å². The number of amides is 4. The first kappa shape index (κ1) is 38.8. The number of aliphatic hydroxyl groups excluding tert-OH is 1. The van der Waals surface area contributed by atoms with E-state index in [4.69, 9.17) is 0 Å². The molecule has 13 nitrogen and oxygen atoms in total. The minimum atomic E-state index is -3.96. The number of ketones is 1. The Bertz CT molecular complexity index is 1170. The summed E-state index contributed by atoms with van der Waals surface area (Å²) in [5.41, 5.74) is -1.20. The Morgan fingerprint density at radius 1 is 1.07 bits per heavy atom. The third-order valence-electron chi connectivity index (χ3n) is 8.94. The SMILES string of the molecule is C=C[C@H]1CCN(C(=O)[C@@H](NC(=O)N[C@H](CN2CCCS2(C)(=O)O)C(C)(C)C)C(C)(C)C)[C@@H]1C(O)NC(CCC)C(=O)C(=O)NC. The van der Waals surface area contributed by atoms with E-state index in [2.05, 4.69) is 27.8 Å². The molecule has 0 aromatic rings. The first-order valence-electron chi connectivity index (χ1n) is 15.9. The number of nitrogens with zero attached hydrogens (tertiary/aromatic N) is 2. The van der Waals surface area contributed by atoms with Gasteiger partial charge in [0, 0.05) is 50.7 Å². The molecule has 14 heteroatoms. The molecule has 2 unspecified atom stereocenters. The monoisotopic (exact) mass is 658 g/mol. The standard InChI is InChI=1S/C31H58N6O7S/c1-11-14-21(24(38)27(40)32-9)33-26(39)23-20(12-2)15-17-37(23)28(41)25(31(6,7)8)35-29(42)34-22(30(3,4)5)19-36-16-13-18-45(36,10,43)44/h12,20-23,25-26,33,39H,2,11,13-19H2,1,3-10H3,(H,32,40)(H,43,44)(H2,34,35,42)/t20-,21?,22+,23-,25+,26?/m0/s1. The van der Waals surface area contributed by atoms with Gasteiger partial charge in [-0.05, 0) is 30.1 Å². The normalized spacial score (nSPS) is 25.2. The molecule has 2 aliphatic rings. The highest BCUT2D eigenvalue weighted by Gasteiger charge is 2.46. The lowest BCUT2D eigenvalue weighted by molar-refractivity contribution is -0.142. The number of likely N-dealkylation sites (N-methyl/N-ethyl adjacent to an activating group) is 1. The van der Waals surface area contributed by atoms with Gasteiger partial charge in [0.1, 0.15) is 12.3 Å². The zero-order valence-corrected chi connectivity index (χ0v) is 29.5. The van der Waals surface area contributed by atoms with E-state index in [0.29, 0.717) is 38.8 Å². The number of nitrogens with one attached hydrogen (secondary N) is 4. The van der Waals surface area contributed by atoms with Crippen LogP contribution in [0.25, 0.3) is 0 Å². The lowest BCUT2D eigenvalue weighted by Gasteiger charge is -2.46. The predicted molar refractivity (Wildman–Crippen MR) is 177 cm³/mol. The van der Waals surface area contributed by atoms with E-state index in [0.717, 1.165) is 0 Å². The van der Waals surface area contributed by atoms with Crippen LogP contribution in [-0.2, 0) is 23.9 Å². The van der Waals surface area contributed by atoms with Gasteiger partial charge in [-0.2, -0.15) is 4.21 Å². The van der Waals surface area contributed by atoms with Crippen LogP contribution in [0.2, 0.25) is 0 Å². The second kappa shape index (κ2) is 14.6. The Kier molecular flexibility index (Phi) is 12.6. The number of carbonyl (C=O) groups is 4. The first-order chi connectivity index (χ1) is 20.6. The van der Waals surface area contributed by atoms with Crippen LogP contribution >= 0.6 is 0 Å². The van der Waals surface area contributed by atoms with Gasteiger partial charge >= 0.3 is 6.03 Å². The average Bonchev–Trinajstić information content (AvgIpc) is 3.48. The van der Waals surface area contributed by atoms with E-state index in [1.54, 1.807) is 10.4 Å². The van der Waals surface area contributed by atoms with Crippen LogP contribution in [0.5, 0.6) is 0 Å². The van der Waals surface area contributed by atoms with Crippen LogP contribution in [0, 0.1) is 16.7 Å². The molecule has 0 saturated carbocycles. The minimum Gasteiger partial charge on any atom is -0.376 e. The molecular weight excluding hydrogens is 600 g/mol. The summed E-state index contributed by atoms with van der Waals surface area (Å²) in [6, 6.07) is -3.83. The van der Waals surface area contributed by atoms with Gasteiger partial charge < -0.3 is 26.0 Å². The lowest BCUT2D eigenvalue weighted by Crippen LogP contribution is -2.63. The van der Waals surface area contributed by atoms with Crippen LogP contribution in [0.15, 0.2) is 12.7 Å². The molecular formula is C31H58N6O7S. The van der Waals surface area contributed by atoms with Crippen molar-refractivity contribution in [1.82, 2.24) is 30.5 Å². The van der Waals surface area contributed by atoms with E-state index in [1.807, 2.05) is 48.5 Å². The van der Waals surface area contributed by atoms with Crippen LogP contribution in [-0.4, -0.2) is 116 Å². The van der Waals surface area contributed by atoms with Crippen molar-refractivity contribution in [3.8, 4) is 0 Å². The fourth-order valence-electron chi connectivity index (χ4n) is 6.03. The van der Waals surface area contributed by atoms with Crippen molar-refractivity contribution < 1.29 is 33.0 Å². The maximum atomic E-state index is 14.2. The molecule has 2 aliphatic heterocycles. The van der Waals surface area contributed by atoms with Crippen molar-refractivity contribution in [3.05, 3.63) is 12.7 Å². The second-order valence-corrected chi connectivity index (χ2v) is 18.6. The summed E-state index contributed by atoms with van der Waals surface area (Å²) >= 11 is 0. The van der Waals surface area contributed by atoms with Crippen LogP contribution < -0.4 is 21.3 Å². The van der Waals surface area contributed by atoms with Crippen LogP contribution in [0.1, 0.15) is 74.1 Å². The molecule has 260 valence electrons. The molecule has 2 fully saturated rings. The molecule has 0 aromatic heterocycles. The number of Topliss-reactive ketones (excluding diaryl/α,β-unsaturated/α-hetero) is 1. The van der Waals surface area contributed by atoms with E-state index in [1.165, 1.54) is 18.2 Å². The van der Waals surface area contributed by atoms with Crippen molar-refractivity contribution in [1.29, 1.82) is 0 Å². The van der Waals surface area contributed by atoms with E-state index in [9.17, 15) is 33.0 Å². The smallest absolute Gasteiger partial charge is 0.315 e. The second-order valence-electron chi connectivity index (χ2n) is 14.8. The molecule has 0 aromatic carbocycles. The largest absolute Gasteiger partial charge is 0.376 e. The van der Waals surface area contributed by atoms with Gasteiger partial charge in [0.05, 0.1) is 12.1 Å². The summed E-state index contributed by atoms with van der Waals surface area (Å²) in [6.07, 6.45) is 3.68. The molecule has 4 amide bonds. The minimum absolute atomic E-state index is 0.171. The van der Waals surface area contributed by atoms with Crippen molar-refractivity contribution >= 4 is 33.2 Å². The number of hydrogen-bond donors (Lipinski definition) is 6. The summed E-state index contributed by atoms with van der Waals surface area (Å²) in [6.45, 7) is 17.9. The number of aliphatic hydroxyl groups is 1. The molecule has 2 rings (SSSR count). The van der Waals surface area contributed by atoms with E-state index < -0.39 is 74.4 Å². The van der Waals surface area contributed by atoms with Gasteiger partial charge in [-0.3, -0.25) is 24.3 Å². The summed E-state index contributed by atoms with van der Waals surface area (Å²) in [5.74, 6) is -2.00. The highest BCUT2D eigenvalue weighted by molar-refractivity contribution is 8.12. The first-order valence-corrected chi connectivity index (χ1v) is 18.3. The maximum Gasteiger partial charge on any atom is 0.315 e. The Hall–Kier alpha value is -2.39. The van der Waals surface area contributed by atoms with Gasteiger partial charge in [-0.25, -0.2) is 9.10 Å². The molecule has 0 aliphatic carbocycles. The number of likely N-dealkylation sites (tertiary alicyclic amines) is 1. The van der Waals surface area contributed by atoms with Crippen molar-refractivity contribution in [3.63, 3.8) is 0 Å². The molecule has 0 radical (unpaired) electrons. The third kappa shape index (κ3) is 9.80. The van der Waals surface area contributed by atoms with Gasteiger partial charge in [0.25, 0.3) is 5.91 Å². The summed E-state index contributed by atoms with van der Waals surface area (Å²) in [5, 5.41) is 22.4. The lowest BCUT2D eigenvalue weighted by atomic mass is 9.85. The zero-order chi connectivity index (χ0) is 34.6. The summed E-state index contributed by atoms with van der Waals surface area (Å²) < 4.78 is 25.5. The maximum absolute atomic E-state index is 14.2. The summed E-state index contributed by atoms with van der Waals surface area (Å²) in [4.78, 5) is 54.0. The van der Waals surface area contributed by atoms with Gasteiger partial charge in [0.15, 0.2) is 0 Å². The van der Waals surface area contributed by atoms with Gasteiger partial charge in [-0.15, -0.1) is 16.1 Å². The topological polar surface area (TPSA) is 180 Å². The highest BCUT2D eigenvalue weighted by Crippen LogP contribution is 2.34. The number of urea groups is 1. The third-order valence-corrected chi connectivity index (χ3v) is 11.8. The average molecular weight is 659 g/mol. The fourth-order valence-corrected chi connectivity index (χ4v) is 8.21. The molecule has 6 N–H and O–H groups in total. The molecule has 2 heterocycles. The number of hydrogen-bond acceptors (Lipinski definition) is 7. The number of rotatable bonds is 13. The Balaban J connectivity index is 2.30. The molecule has 6 atom stereocenters. The van der Waals surface area contributed by atoms with Crippen LogP contribution in [0.3, 0.4) is 0 Å². The molecule has 0 bridgehead atoms. The fraction of sp³-hybridized carbons (Fsp3) is 0.806. The summed E-state index contributed by atoms with van der Waals surface area (Å²) in [7, 11) is -2.60. The van der Waals surface area contributed by atoms with Gasteiger partial charge in [0.2, 0.25) is 11.7 Å². The van der Waals surface area contributed by atoms with Crippen LogP contribution in [0.4, 0.5) is 4.79 Å². The Morgan fingerprint density at radius 3 is 2.16 bits per heavy atom. The van der Waals surface area contributed by atoms with Crippen molar-refractivity contribution in [2.24, 2.45) is 16.7 Å². The quantitative estimate of drug-likeness (QED) is 0.0978. The predicted octanol–water partition coefficient (Wildman–Crippen LogP) is 1.45. The van der Waals surface area contributed by atoms with E-state index in [-0.39, 0.29) is 18.2 Å². The molecule has 2 saturated heterocycles. The highest BCUT2D eigenvalue weighted by atomic mass is 32.3. The Morgan fingerprint density at radius 2 is 1.69 bits per heavy atom. The molecule has 45 heavy (non-hydrogen) atoms. The Labute approximate surface area is 269 Å². The van der Waals surface area contributed by atoms with Gasteiger partial charge in [-0.1, -0.05) is 61.0 Å². The van der Waals surface area contributed by atoms with Crippen molar-refractivity contribution in [2.45, 2.75) is 105 Å².